The minimum absolute atomic E-state index is 0.200. The molecule has 3 heterocycles. The number of anilines is 2. The second-order valence-electron chi connectivity index (χ2n) is 7.86. The van der Waals surface area contributed by atoms with Gasteiger partial charge in [-0.25, -0.2) is 13.9 Å². The van der Waals surface area contributed by atoms with Gasteiger partial charge in [-0.2, -0.15) is 5.10 Å². The Morgan fingerprint density at radius 3 is 2.30 bits per heavy atom. The summed E-state index contributed by atoms with van der Waals surface area (Å²) < 4.78 is 15.1. The summed E-state index contributed by atoms with van der Waals surface area (Å²) in [6, 6.07) is 15.3. The van der Waals surface area contributed by atoms with Crippen molar-refractivity contribution in [1.29, 1.82) is 0 Å². The highest BCUT2D eigenvalue weighted by atomic mass is 19.1. The van der Waals surface area contributed by atoms with E-state index in [2.05, 4.69) is 52.9 Å². The van der Waals surface area contributed by atoms with Crippen LogP contribution in [0.1, 0.15) is 11.1 Å². The highest BCUT2D eigenvalue weighted by Gasteiger charge is 2.21. The van der Waals surface area contributed by atoms with E-state index < -0.39 is 0 Å². The van der Waals surface area contributed by atoms with Gasteiger partial charge in [0.15, 0.2) is 5.82 Å². The molecule has 152 valence electrons. The molecule has 5 nitrogen and oxygen atoms in total. The van der Waals surface area contributed by atoms with Crippen molar-refractivity contribution in [2.75, 3.05) is 36.0 Å². The molecule has 2 aromatic carbocycles. The van der Waals surface area contributed by atoms with Gasteiger partial charge in [0.25, 0.3) is 0 Å². The zero-order valence-electron chi connectivity index (χ0n) is 17.2. The monoisotopic (exact) mass is 401 g/mol. The third-order valence-corrected chi connectivity index (χ3v) is 5.94. The van der Waals surface area contributed by atoms with Crippen LogP contribution >= 0.6 is 0 Å². The van der Waals surface area contributed by atoms with E-state index in [0.717, 1.165) is 54.5 Å². The van der Waals surface area contributed by atoms with Gasteiger partial charge in [0, 0.05) is 49.8 Å². The fraction of sp³-hybridized carbons (Fsp3) is 0.250. The third-order valence-electron chi connectivity index (χ3n) is 5.94. The molecule has 0 radical (unpaired) electrons. The van der Waals surface area contributed by atoms with Crippen molar-refractivity contribution >= 4 is 17.0 Å². The zero-order chi connectivity index (χ0) is 20.7. The zero-order valence-corrected chi connectivity index (χ0v) is 17.2. The van der Waals surface area contributed by atoms with Crippen LogP contribution in [0.25, 0.3) is 16.8 Å². The summed E-state index contributed by atoms with van der Waals surface area (Å²) >= 11 is 0. The number of benzene rings is 2. The Kier molecular flexibility index (Phi) is 4.62. The lowest BCUT2D eigenvalue weighted by Crippen LogP contribution is -2.47. The van der Waals surface area contributed by atoms with E-state index in [9.17, 15) is 4.39 Å². The molecular formula is C24H24FN5. The van der Waals surface area contributed by atoms with Crippen LogP contribution in [0.5, 0.6) is 0 Å². The van der Waals surface area contributed by atoms with Crippen molar-refractivity contribution in [1.82, 2.24) is 14.6 Å². The molecule has 0 aliphatic carbocycles. The van der Waals surface area contributed by atoms with Gasteiger partial charge >= 0.3 is 0 Å². The number of piperazine rings is 1. The minimum atomic E-state index is -0.200. The molecule has 2 aromatic heterocycles. The maximum absolute atomic E-state index is 13.2. The minimum Gasteiger partial charge on any atom is -0.368 e. The average molecular weight is 401 g/mol. The molecule has 4 aromatic rings. The lowest BCUT2D eigenvalue weighted by Gasteiger charge is -2.36. The van der Waals surface area contributed by atoms with E-state index in [1.807, 2.05) is 29.0 Å². The van der Waals surface area contributed by atoms with Crippen molar-refractivity contribution < 1.29 is 4.39 Å². The Morgan fingerprint density at radius 1 is 0.833 bits per heavy atom. The number of hydrogen-bond donors (Lipinski definition) is 0. The van der Waals surface area contributed by atoms with E-state index in [4.69, 9.17) is 5.10 Å². The summed E-state index contributed by atoms with van der Waals surface area (Å²) in [6.07, 6.45) is 3.71. The fourth-order valence-electron chi connectivity index (χ4n) is 4.02. The van der Waals surface area contributed by atoms with Crippen LogP contribution in [0.3, 0.4) is 0 Å². The predicted octanol–water partition coefficient (Wildman–Crippen LogP) is 4.48. The Hall–Kier alpha value is -3.41. The van der Waals surface area contributed by atoms with Crippen LogP contribution in [-0.2, 0) is 0 Å². The Labute approximate surface area is 175 Å². The summed E-state index contributed by atoms with van der Waals surface area (Å²) in [5.74, 6) is 0.757. The number of aryl methyl sites for hydroxylation is 2. The molecule has 1 aliphatic rings. The molecular weight excluding hydrogens is 377 g/mol. The lowest BCUT2D eigenvalue weighted by atomic mass is 10.0. The highest BCUT2D eigenvalue weighted by Crippen LogP contribution is 2.27. The maximum Gasteiger partial charge on any atom is 0.154 e. The summed E-state index contributed by atoms with van der Waals surface area (Å²) in [4.78, 5) is 9.27. The van der Waals surface area contributed by atoms with Gasteiger partial charge < -0.3 is 9.80 Å². The third kappa shape index (κ3) is 3.38. The van der Waals surface area contributed by atoms with E-state index >= 15 is 0 Å². The molecule has 0 atom stereocenters. The standard InChI is InChI=1S/C24H24FN5/c1-17-3-4-19(15-18(17)2)22-16-23-24(26-9-10-30(23)27-22)29-13-11-28(12-14-29)21-7-5-20(25)6-8-21/h3-10,15-16H,11-14H2,1-2H3. The number of halogens is 1. The molecule has 0 amide bonds. The molecule has 0 N–H and O–H groups in total. The van der Waals surface area contributed by atoms with Crippen LogP contribution in [0.2, 0.25) is 0 Å². The van der Waals surface area contributed by atoms with Crippen molar-refractivity contribution in [3.63, 3.8) is 0 Å². The normalized spacial score (nSPS) is 14.5. The maximum atomic E-state index is 13.2. The quantitative estimate of drug-likeness (QED) is 0.507. The second-order valence-corrected chi connectivity index (χ2v) is 7.86. The predicted molar refractivity (Wildman–Crippen MR) is 119 cm³/mol. The Balaban J connectivity index is 1.40. The van der Waals surface area contributed by atoms with Crippen LogP contribution in [0.15, 0.2) is 60.9 Å². The van der Waals surface area contributed by atoms with Gasteiger partial charge in [0.2, 0.25) is 0 Å². The largest absolute Gasteiger partial charge is 0.368 e. The summed E-state index contributed by atoms with van der Waals surface area (Å²) in [5, 5.41) is 4.78. The number of aromatic nitrogens is 3. The molecule has 0 saturated carbocycles. The molecule has 0 unspecified atom stereocenters. The number of rotatable bonds is 3. The Bertz CT molecular complexity index is 1190. The van der Waals surface area contributed by atoms with E-state index in [0.29, 0.717) is 0 Å². The topological polar surface area (TPSA) is 36.7 Å². The van der Waals surface area contributed by atoms with Gasteiger partial charge in [-0.15, -0.1) is 0 Å². The van der Waals surface area contributed by atoms with Crippen LogP contribution < -0.4 is 9.80 Å². The summed E-state index contributed by atoms with van der Waals surface area (Å²) in [7, 11) is 0. The highest BCUT2D eigenvalue weighted by molar-refractivity contribution is 5.76. The van der Waals surface area contributed by atoms with Crippen molar-refractivity contribution in [3.05, 3.63) is 77.9 Å². The first-order chi connectivity index (χ1) is 14.6. The number of fused-ring (bicyclic) bond motifs is 1. The molecule has 1 fully saturated rings. The van der Waals surface area contributed by atoms with Crippen LogP contribution in [-0.4, -0.2) is 40.8 Å². The number of hydrogen-bond acceptors (Lipinski definition) is 4. The SMILES string of the molecule is Cc1ccc(-c2cc3c(N4CCN(c5ccc(F)cc5)CC4)nccn3n2)cc1C. The van der Waals surface area contributed by atoms with Gasteiger partial charge in [-0.05, 0) is 61.4 Å². The second kappa shape index (κ2) is 7.44. The number of nitrogens with zero attached hydrogens (tertiary/aromatic N) is 5. The van der Waals surface area contributed by atoms with Crippen LogP contribution in [0.4, 0.5) is 15.9 Å². The van der Waals surface area contributed by atoms with E-state index in [-0.39, 0.29) is 5.82 Å². The average Bonchev–Trinajstić information content (AvgIpc) is 3.21. The first-order valence-electron chi connectivity index (χ1n) is 10.3. The lowest BCUT2D eigenvalue weighted by molar-refractivity contribution is 0.624. The smallest absolute Gasteiger partial charge is 0.154 e. The molecule has 1 aliphatic heterocycles. The summed E-state index contributed by atoms with van der Waals surface area (Å²) in [6.45, 7) is 7.69. The van der Waals surface area contributed by atoms with Crippen molar-refractivity contribution in [2.45, 2.75) is 13.8 Å². The first kappa shape index (κ1) is 18.6. The van der Waals surface area contributed by atoms with Gasteiger partial charge in [-0.1, -0.05) is 12.1 Å². The molecule has 5 rings (SSSR count). The van der Waals surface area contributed by atoms with E-state index in [1.54, 1.807) is 0 Å². The molecule has 0 bridgehead atoms. The first-order valence-corrected chi connectivity index (χ1v) is 10.3. The van der Waals surface area contributed by atoms with Crippen molar-refractivity contribution in [3.8, 4) is 11.3 Å². The molecule has 30 heavy (non-hydrogen) atoms. The molecule has 1 saturated heterocycles. The van der Waals surface area contributed by atoms with Gasteiger partial charge in [0.05, 0.1) is 5.69 Å². The summed E-state index contributed by atoms with van der Waals surface area (Å²) in [5.41, 5.74) is 6.69. The Morgan fingerprint density at radius 2 is 1.57 bits per heavy atom. The van der Waals surface area contributed by atoms with Crippen LogP contribution in [0, 0.1) is 19.7 Å². The molecule has 6 heteroatoms. The van der Waals surface area contributed by atoms with Gasteiger partial charge in [-0.3, -0.25) is 0 Å². The molecule has 0 spiro atoms. The fourth-order valence-corrected chi connectivity index (χ4v) is 4.02. The van der Waals surface area contributed by atoms with Crippen molar-refractivity contribution in [2.24, 2.45) is 0 Å². The van der Waals surface area contributed by atoms with E-state index in [1.165, 1.54) is 23.3 Å². The van der Waals surface area contributed by atoms with Gasteiger partial charge in [0.1, 0.15) is 11.3 Å².